The maximum absolute atomic E-state index is 12.6. The number of thiophene rings is 1. The highest BCUT2D eigenvalue weighted by molar-refractivity contribution is 7.10. The van der Waals surface area contributed by atoms with E-state index in [4.69, 9.17) is 4.74 Å². The number of hydrogen-bond acceptors (Lipinski definition) is 4. The molecule has 6 heteroatoms. The van der Waals surface area contributed by atoms with Crippen LogP contribution >= 0.6 is 11.3 Å². The summed E-state index contributed by atoms with van der Waals surface area (Å²) in [6.07, 6.45) is -0.536. The van der Waals surface area contributed by atoms with E-state index in [1.54, 1.807) is 0 Å². The summed E-state index contributed by atoms with van der Waals surface area (Å²) in [5, 5.41) is 14.2. The van der Waals surface area contributed by atoms with Gasteiger partial charge in [-0.3, -0.25) is 0 Å². The number of ether oxygens (including phenoxy) is 1. The fourth-order valence-electron chi connectivity index (χ4n) is 4.45. The van der Waals surface area contributed by atoms with Crippen molar-refractivity contribution in [2.45, 2.75) is 18.4 Å². The van der Waals surface area contributed by atoms with Crippen LogP contribution < -0.4 is 5.32 Å². The molecule has 3 aromatic carbocycles. The van der Waals surface area contributed by atoms with Gasteiger partial charge in [-0.15, -0.1) is 11.3 Å². The first-order chi connectivity index (χ1) is 16.6. The lowest BCUT2D eigenvalue weighted by Gasteiger charge is -2.17. The van der Waals surface area contributed by atoms with E-state index < -0.39 is 18.1 Å². The van der Waals surface area contributed by atoms with E-state index in [1.165, 1.54) is 11.3 Å². The largest absolute Gasteiger partial charge is 0.480 e. The molecule has 0 radical (unpaired) electrons. The van der Waals surface area contributed by atoms with Crippen LogP contribution in [0.5, 0.6) is 0 Å². The SMILES string of the molecule is O=C(NC(Cc1cc(-c2ccccc2)cs1)C(=O)O)OCC1c2ccccc2-c2ccccc21. The van der Waals surface area contributed by atoms with Gasteiger partial charge in [-0.2, -0.15) is 0 Å². The molecule has 1 aliphatic rings. The van der Waals surface area contributed by atoms with E-state index in [2.05, 4.69) is 17.4 Å². The Morgan fingerprint density at radius 3 is 2.15 bits per heavy atom. The third kappa shape index (κ3) is 4.45. The number of alkyl carbamates (subject to hydrolysis) is 1. The highest BCUT2D eigenvalue weighted by atomic mass is 32.1. The maximum atomic E-state index is 12.6. The minimum absolute atomic E-state index is 0.0767. The summed E-state index contributed by atoms with van der Waals surface area (Å²) in [7, 11) is 0. The third-order valence-corrected chi connectivity index (χ3v) is 7.06. The van der Waals surface area contributed by atoms with E-state index in [0.717, 1.165) is 38.3 Å². The first-order valence-corrected chi connectivity index (χ1v) is 12.0. The Balaban J connectivity index is 1.24. The molecule has 1 aliphatic carbocycles. The summed E-state index contributed by atoms with van der Waals surface area (Å²) in [5.41, 5.74) is 6.61. The van der Waals surface area contributed by atoms with Crippen LogP contribution in [0, 0.1) is 0 Å². The van der Waals surface area contributed by atoms with Gasteiger partial charge in [-0.05, 0) is 44.8 Å². The van der Waals surface area contributed by atoms with Crippen molar-refractivity contribution in [1.82, 2.24) is 5.32 Å². The van der Waals surface area contributed by atoms with Gasteiger partial charge in [0.2, 0.25) is 0 Å². The maximum Gasteiger partial charge on any atom is 0.407 e. The van der Waals surface area contributed by atoms with Gasteiger partial charge in [0, 0.05) is 17.2 Å². The summed E-state index contributed by atoms with van der Waals surface area (Å²) < 4.78 is 5.52. The number of carbonyl (C=O) groups excluding carboxylic acids is 1. The van der Waals surface area contributed by atoms with Crippen molar-refractivity contribution in [1.29, 1.82) is 0 Å². The van der Waals surface area contributed by atoms with Gasteiger partial charge in [0.1, 0.15) is 12.6 Å². The second-order valence-electron chi connectivity index (χ2n) is 8.23. The molecular weight excluding hydrogens is 446 g/mol. The Morgan fingerprint density at radius 1 is 0.882 bits per heavy atom. The van der Waals surface area contributed by atoms with Gasteiger partial charge in [-0.1, -0.05) is 78.9 Å². The predicted molar refractivity (Wildman–Crippen MR) is 133 cm³/mol. The average molecular weight is 470 g/mol. The molecule has 0 aliphatic heterocycles. The Morgan fingerprint density at radius 2 is 1.50 bits per heavy atom. The second kappa shape index (κ2) is 9.53. The molecule has 0 saturated heterocycles. The van der Waals surface area contributed by atoms with Crippen molar-refractivity contribution in [3.8, 4) is 22.3 Å². The fraction of sp³-hybridized carbons (Fsp3) is 0.143. The number of carboxylic acid groups (broad SMARTS) is 1. The molecular formula is C28H23NO4S. The van der Waals surface area contributed by atoms with Crippen molar-refractivity contribution >= 4 is 23.4 Å². The molecule has 1 aromatic heterocycles. The molecule has 1 heterocycles. The third-order valence-electron chi connectivity index (χ3n) is 6.10. The normalized spacial score (nSPS) is 13.1. The first kappa shape index (κ1) is 21.9. The molecule has 5 rings (SSSR count). The number of rotatable bonds is 7. The molecule has 1 unspecified atom stereocenters. The topological polar surface area (TPSA) is 75.6 Å². The summed E-state index contributed by atoms with van der Waals surface area (Å²) >= 11 is 1.48. The quantitative estimate of drug-likeness (QED) is 0.351. The average Bonchev–Trinajstić information content (AvgIpc) is 3.46. The summed E-state index contributed by atoms with van der Waals surface area (Å²) in [6.45, 7) is 0.142. The van der Waals surface area contributed by atoms with Crippen molar-refractivity contribution in [2.24, 2.45) is 0 Å². The zero-order valence-corrected chi connectivity index (χ0v) is 19.1. The minimum atomic E-state index is -1.09. The molecule has 0 saturated carbocycles. The van der Waals surface area contributed by atoms with Crippen LogP contribution in [0.3, 0.4) is 0 Å². The summed E-state index contributed by atoms with van der Waals surface area (Å²) in [4.78, 5) is 25.3. The predicted octanol–water partition coefficient (Wildman–Crippen LogP) is 5.95. The molecule has 0 bridgehead atoms. The number of carboxylic acids is 1. The monoisotopic (exact) mass is 469 g/mol. The molecule has 5 nitrogen and oxygen atoms in total. The number of hydrogen-bond donors (Lipinski definition) is 2. The number of amides is 1. The van der Waals surface area contributed by atoms with Crippen LogP contribution in [0.25, 0.3) is 22.3 Å². The lowest BCUT2D eigenvalue weighted by molar-refractivity contribution is -0.139. The van der Waals surface area contributed by atoms with Crippen LogP contribution in [-0.4, -0.2) is 29.8 Å². The Kier molecular flexibility index (Phi) is 6.14. The van der Waals surface area contributed by atoms with Crippen molar-refractivity contribution in [3.05, 3.63) is 106 Å². The molecule has 2 N–H and O–H groups in total. The molecule has 1 atom stereocenters. The van der Waals surface area contributed by atoms with E-state index in [-0.39, 0.29) is 18.9 Å². The van der Waals surface area contributed by atoms with E-state index in [9.17, 15) is 14.7 Å². The second-order valence-corrected chi connectivity index (χ2v) is 9.23. The smallest absolute Gasteiger partial charge is 0.407 e. The zero-order valence-electron chi connectivity index (χ0n) is 18.3. The van der Waals surface area contributed by atoms with Gasteiger partial charge in [0.15, 0.2) is 0 Å². The van der Waals surface area contributed by atoms with Crippen LogP contribution in [-0.2, 0) is 16.0 Å². The lowest BCUT2D eigenvalue weighted by Crippen LogP contribution is -2.42. The molecule has 0 spiro atoms. The minimum Gasteiger partial charge on any atom is -0.480 e. The molecule has 1 amide bonds. The molecule has 170 valence electrons. The first-order valence-electron chi connectivity index (χ1n) is 11.1. The standard InChI is InChI=1S/C28H23NO4S/c30-27(31)26(15-20-14-19(17-34-20)18-8-2-1-3-9-18)29-28(32)33-16-25-23-12-6-4-10-21(23)22-11-5-7-13-24(22)25/h1-14,17,25-26H,15-16H2,(H,29,32)(H,30,31). The fourth-order valence-corrected chi connectivity index (χ4v) is 5.39. The van der Waals surface area contributed by atoms with Gasteiger partial charge >= 0.3 is 12.1 Å². The zero-order chi connectivity index (χ0) is 23.5. The van der Waals surface area contributed by atoms with E-state index in [0.29, 0.717) is 0 Å². The lowest BCUT2D eigenvalue weighted by atomic mass is 9.98. The van der Waals surface area contributed by atoms with E-state index >= 15 is 0 Å². The number of carbonyl (C=O) groups is 2. The van der Waals surface area contributed by atoms with Gasteiger partial charge < -0.3 is 15.2 Å². The van der Waals surface area contributed by atoms with Crippen LogP contribution in [0.15, 0.2) is 90.3 Å². The van der Waals surface area contributed by atoms with Crippen molar-refractivity contribution < 1.29 is 19.4 Å². The van der Waals surface area contributed by atoms with Crippen molar-refractivity contribution in [2.75, 3.05) is 6.61 Å². The Bertz CT molecular complexity index is 1290. The van der Waals surface area contributed by atoms with Gasteiger partial charge in [0.05, 0.1) is 0 Å². The van der Waals surface area contributed by atoms with E-state index in [1.807, 2.05) is 78.2 Å². The van der Waals surface area contributed by atoms with Crippen molar-refractivity contribution in [3.63, 3.8) is 0 Å². The molecule has 4 aromatic rings. The highest BCUT2D eigenvalue weighted by Crippen LogP contribution is 2.44. The van der Waals surface area contributed by atoms with Gasteiger partial charge in [-0.25, -0.2) is 9.59 Å². The highest BCUT2D eigenvalue weighted by Gasteiger charge is 2.30. The summed E-state index contributed by atoms with van der Waals surface area (Å²) in [6, 6.07) is 27.0. The van der Waals surface area contributed by atoms with Crippen LogP contribution in [0.2, 0.25) is 0 Å². The number of nitrogens with one attached hydrogen (secondary N) is 1. The molecule has 0 fully saturated rings. The number of benzene rings is 3. The number of fused-ring (bicyclic) bond motifs is 3. The molecule has 34 heavy (non-hydrogen) atoms. The van der Waals surface area contributed by atoms with Crippen LogP contribution in [0.4, 0.5) is 4.79 Å². The van der Waals surface area contributed by atoms with Gasteiger partial charge in [0.25, 0.3) is 0 Å². The Hall–Kier alpha value is -3.90. The Labute approximate surface area is 201 Å². The van der Waals surface area contributed by atoms with Crippen LogP contribution in [0.1, 0.15) is 21.9 Å². The summed E-state index contributed by atoms with van der Waals surface area (Å²) in [5.74, 6) is -1.17. The number of aliphatic carboxylic acids is 1.